The summed E-state index contributed by atoms with van der Waals surface area (Å²) in [4.78, 5) is 32.3. The predicted octanol–water partition coefficient (Wildman–Crippen LogP) is 3.97. The molecule has 7 heteroatoms. The molecule has 0 aliphatic carbocycles. The Morgan fingerprint density at radius 1 is 0.861 bits per heavy atom. The lowest BCUT2D eigenvalue weighted by Gasteiger charge is -2.36. The van der Waals surface area contributed by atoms with Crippen molar-refractivity contribution in [1.82, 2.24) is 15.1 Å². The molecule has 2 aliphatic rings. The first kappa shape index (κ1) is 24.0. The van der Waals surface area contributed by atoms with E-state index in [1.807, 2.05) is 52.3 Å². The third kappa shape index (κ3) is 4.70. The van der Waals surface area contributed by atoms with Crippen molar-refractivity contribution in [2.45, 2.75) is 33.1 Å². The lowest BCUT2D eigenvalue weighted by molar-refractivity contribution is -0.136. The van der Waals surface area contributed by atoms with Crippen molar-refractivity contribution in [1.29, 1.82) is 0 Å². The van der Waals surface area contributed by atoms with Gasteiger partial charge in [0.1, 0.15) is 0 Å². The molecule has 5 rings (SSSR count). The molecule has 3 aromatic rings. The van der Waals surface area contributed by atoms with Gasteiger partial charge in [0.2, 0.25) is 11.8 Å². The maximum Gasteiger partial charge on any atom is 0.228 e. The molecule has 0 N–H and O–H groups in total. The van der Waals surface area contributed by atoms with Gasteiger partial charge in [-0.25, -0.2) is 0 Å². The summed E-state index contributed by atoms with van der Waals surface area (Å²) in [5, 5.41) is 8.83. The fourth-order valence-corrected chi connectivity index (χ4v) is 5.32. The number of anilines is 2. The quantitative estimate of drug-likeness (QED) is 0.531. The van der Waals surface area contributed by atoms with Crippen LogP contribution in [0, 0.1) is 5.92 Å². The number of carbonyl (C=O) groups excluding carboxylic acids is 2. The van der Waals surface area contributed by atoms with Gasteiger partial charge in [0, 0.05) is 50.4 Å². The minimum Gasteiger partial charge on any atom is -0.352 e. The van der Waals surface area contributed by atoms with Gasteiger partial charge in [-0.3, -0.25) is 9.59 Å². The van der Waals surface area contributed by atoms with E-state index in [0.717, 1.165) is 35.6 Å². The third-order valence-electron chi connectivity index (χ3n) is 7.34. The van der Waals surface area contributed by atoms with Crippen LogP contribution in [0.5, 0.6) is 0 Å². The van der Waals surface area contributed by atoms with Gasteiger partial charge >= 0.3 is 0 Å². The Morgan fingerprint density at radius 3 is 2.17 bits per heavy atom. The zero-order chi connectivity index (χ0) is 25.1. The van der Waals surface area contributed by atoms with Crippen molar-refractivity contribution in [2.75, 3.05) is 42.5 Å². The summed E-state index contributed by atoms with van der Waals surface area (Å²) < 4.78 is 0. The van der Waals surface area contributed by atoms with Crippen LogP contribution in [-0.2, 0) is 22.4 Å². The van der Waals surface area contributed by atoms with Gasteiger partial charge in [-0.05, 0) is 36.1 Å². The Hall–Kier alpha value is -3.74. The first-order valence-corrected chi connectivity index (χ1v) is 12.9. The molecule has 2 fully saturated rings. The standard InChI is InChI=1S/C29H33N5O2/c1-3-21-11-8-12-22(4-2)28(21)34-20-24(19-27(34)35)29(36)33-17-15-32(16-18-33)26-14-13-25(30-31-26)23-9-6-5-7-10-23/h5-14,24H,3-4,15-20H2,1-2H3. The Labute approximate surface area is 212 Å². The van der Waals surface area contributed by atoms with Crippen molar-refractivity contribution in [3.05, 3.63) is 71.8 Å². The normalized spacial score (nSPS) is 18.1. The molecule has 1 aromatic heterocycles. The fourth-order valence-electron chi connectivity index (χ4n) is 5.32. The number of carbonyl (C=O) groups is 2. The second kappa shape index (κ2) is 10.5. The van der Waals surface area contributed by atoms with Crippen molar-refractivity contribution in [3.8, 4) is 11.3 Å². The Kier molecular flexibility index (Phi) is 6.98. The minimum absolute atomic E-state index is 0.0522. The van der Waals surface area contributed by atoms with Crippen LogP contribution in [0.4, 0.5) is 11.5 Å². The van der Waals surface area contributed by atoms with Crippen LogP contribution in [0.1, 0.15) is 31.4 Å². The Bertz CT molecular complexity index is 1200. The van der Waals surface area contributed by atoms with E-state index in [2.05, 4.69) is 47.1 Å². The average Bonchev–Trinajstić information content (AvgIpc) is 3.33. The molecule has 1 unspecified atom stereocenters. The van der Waals surface area contributed by atoms with E-state index in [0.29, 0.717) is 32.7 Å². The van der Waals surface area contributed by atoms with Crippen LogP contribution in [-0.4, -0.2) is 59.6 Å². The van der Waals surface area contributed by atoms with Gasteiger partial charge < -0.3 is 14.7 Å². The number of benzene rings is 2. The number of hydrogen-bond acceptors (Lipinski definition) is 5. The summed E-state index contributed by atoms with van der Waals surface area (Å²) in [5.74, 6) is 0.676. The molecule has 0 saturated carbocycles. The van der Waals surface area contributed by atoms with Gasteiger partial charge in [0.05, 0.1) is 11.6 Å². The van der Waals surface area contributed by atoms with Crippen molar-refractivity contribution in [3.63, 3.8) is 0 Å². The lowest BCUT2D eigenvalue weighted by atomic mass is 10.0. The van der Waals surface area contributed by atoms with Crippen LogP contribution in [0.15, 0.2) is 60.7 Å². The summed E-state index contributed by atoms with van der Waals surface area (Å²) >= 11 is 0. The van der Waals surface area contributed by atoms with E-state index in [1.54, 1.807) is 0 Å². The third-order valence-corrected chi connectivity index (χ3v) is 7.34. The highest BCUT2D eigenvalue weighted by Gasteiger charge is 2.39. The minimum atomic E-state index is -0.288. The SMILES string of the molecule is CCc1cccc(CC)c1N1CC(C(=O)N2CCN(c3ccc(-c4ccccc4)nn3)CC2)CC1=O. The predicted molar refractivity (Wildman–Crippen MR) is 142 cm³/mol. The highest BCUT2D eigenvalue weighted by molar-refractivity contribution is 6.01. The van der Waals surface area contributed by atoms with Crippen molar-refractivity contribution in [2.24, 2.45) is 5.92 Å². The number of rotatable bonds is 6. The molecular formula is C29H33N5O2. The van der Waals surface area contributed by atoms with Crippen LogP contribution in [0.2, 0.25) is 0 Å². The van der Waals surface area contributed by atoms with Gasteiger partial charge in [0.25, 0.3) is 0 Å². The van der Waals surface area contributed by atoms with Crippen LogP contribution in [0.25, 0.3) is 11.3 Å². The maximum absolute atomic E-state index is 13.4. The summed E-state index contributed by atoms with van der Waals surface area (Å²) in [5.41, 5.74) is 5.25. The summed E-state index contributed by atoms with van der Waals surface area (Å²) in [6.45, 7) is 7.34. The van der Waals surface area contributed by atoms with E-state index in [-0.39, 0.29) is 24.2 Å². The second-order valence-corrected chi connectivity index (χ2v) is 9.49. The second-order valence-electron chi connectivity index (χ2n) is 9.49. The van der Waals surface area contributed by atoms with Crippen molar-refractivity contribution >= 4 is 23.3 Å². The number of amides is 2. The van der Waals surface area contributed by atoms with Gasteiger partial charge in [-0.2, -0.15) is 0 Å². The summed E-state index contributed by atoms with van der Waals surface area (Å²) in [6, 6.07) is 20.2. The van der Waals surface area contributed by atoms with E-state index < -0.39 is 0 Å². The maximum atomic E-state index is 13.4. The number of aromatic nitrogens is 2. The molecule has 0 spiro atoms. The number of para-hydroxylation sites is 1. The van der Waals surface area contributed by atoms with Crippen LogP contribution >= 0.6 is 0 Å². The van der Waals surface area contributed by atoms with Crippen molar-refractivity contribution < 1.29 is 9.59 Å². The van der Waals surface area contributed by atoms with E-state index in [9.17, 15) is 9.59 Å². The smallest absolute Gasteiger partial charge is 0.228 e. The van der Waals surface area contributed by atoms with Gasteiger partial charge in [0.15, 0.2) is 5.82 Å². The van der Waals surface area contributed by atoms with E-state index in [4.69, 9.17) is 0 Å². The molecule has 0 radical (unpaired) electrons. The highest BCUT2D eigenvalue weighted by atomic mass is 16.2. The summed E-state index contributed by atoms with van der Waals surface area (Å²) in [7, 11) is 0. The molecule has 3 heterocycles. The van der Waals surface area contributed by atoms with Gasteiger partial charge in [-0.1, -0.05) is 62.4 Å². The monoisotopic (exact) mass is 483 g/mol. The molecule has 0 bridgehead atoms. The Morgan fingerprint density at radius 2 is 1.56 bits per heavy atom. The fraction of sp³-hybridized carbons (Fsp3) is 0.379. The molecule has 2 amide bonds. The molecule has 36 heavy (non-hydrogen) atoms. The first-order chi connectivity index (χ1) is 17.6. The van der Waals surface area contributed by atoms with E-state index in [1.165, 1.54) is 11.1 Å². The molecule has 1 atom stereocenters. The van der Waals surface area contributed by atoms with Crippen LogP contribution in [0.3, 0.4) is 0 Å². The number of piperazine rings is 1. The largest absolute Gasteiger partial charge is 0.352 e. The zero-order valence-corrected chi connectivity index (χ0v) is 21.1. The molecule has 186 valence electrons. The number of aryl methyl sites for hydroxylation is 2. The molecule has 2 saturated heterocycles. The van der Waals surface area contributed by atoms with E-state index >= 15 is 0 Å². The van der Waals surface area contributed by atoms with Gasteiger partial charge in [-0.15, -0.1) is 10.2 Å². The topological polar surface area (TPSA) is 69.6 Å². The lowest BCUT2D eigenvalue weighted by Crippen LogP contribution is -2.51. The van der Waals surface area contributed by atoms with Crippen LogP contribution < -0.4 is 9.80 Å². The average molecular weight is 484 g/mol. The number of nitrogens with zero attached hydrogens (tertiary/aromatic N) is 5. The first-order valence-electron chi connectivity index (χ1n) is 12.9. The Balaban J connectivity index is 1.21. The molecule has 2 aromatic carbocycles. The highest BCUT2D eigenvalue weighted by Crippen LogP contribution is 2.33. The summed E-state index contributed by atoms with van der Waals surface area (Å²) in [6.07, 6.45) is 2.01. The number of hydrogen-bond donors (Lipinski definition) is 0. The molecule has 7 nitrogen and oxygen atoms in total. The zero-order valence-electron chi connectivity index (χ0n) is 21.1. The molecule has 2 aliphatic heterocycles. The molecular weight excluding hydrogens is 450 g/mol.